The summed E-state index contributed by atoms with van der Waals surface area (Å²) >= 11 is 0. The van der Waals surface area contributed by atoms with Gasteiger partial charge in [-0.1, -0.05) is 13.0 Å². The lowest BCUT2D eigenvalue weighted by Crippen LogP contribution is -2.34. The van der Waals surface area contributed by atoms with Crippen LogP contribution in [0.2, 0.25) is 0 Å². The Bertz CT molecular complexity index is 434. The van der Waals surface area contributed by atoms with Crippen LogP contribution >= 0.6 is 0 Å². The average molecular weight is 271 g/mol. The van der Waals surface area contributed by atoms with E-state index in [2.05, 4.69) is 15.0 Å². The highest BCUT2D eigenvalue weighted by Crippen LogP contribution is 1.98. The smallest absolute Gasteiger partial charge is 0.211 e. The maximum atomic E-state index is 11.8. The molecule has 0 aliphatic heterocycles. The number of pyridine rings is 1. The van der Waals surface area contributed by atoms with Crippen molar-refractivity contribution in [1.82, 2.24) is 15.0 Å². The van der Waals surface area contributed by atoms with Gasteiger partial charge in [0, 0.05) is 24.9 Å². The van der Waals surface area contributed by atoms with Crippen LogP contribution in [-0.2, 0) is 16.4 Å². The van der Waals surface area contributed by atoms with Crippen molar-refractivity contribution in [3.05, 3.63) is 30.1 Å². The van der Waals surface area contributed by atoms with Crippen molar-refractivity contribution < 1.29 is 8.42 Å². The number of aryl methyl sites for hydroxylation is 1. The maximum absolute atomic E-state index is 11.8. The van der Waals surface area contributed by atoms with Gasteiger partial charge in [-0.05, 0) is 31.6 Å². The molecule has 1 aromatic heterocycles. The van der Waals surface area contributed by atoms with Crippen molar-refractivity contribution in [2.45, 2.75) is 13.3 Å². The predicted molar refractivity (Wildman–Crippen MR) is 72.8 cm³/mol. The Kier molecular flexibility index (Phi) is 6.24. The van der Waals surface area contributed by atoms with Crippen molar-refractivity contribution in [1.29, 1.82) is 0 Å². The van der Waals surface area contributed by atoms with Crippen LogP contribution in [0.5, 0.6) is 0 Å². The van der Waals surface area contributed by atoms with E-state index in [1.54, 1.807) is 6.20 Å². The summed E-state index contributed by atoms with van der Waals surface area (Å²) in [4.78, 5) is 4.10. The summed E-state index contributed by atoms with van der Waals surface area (Å²) in [6, 6.07) is 5.51. The molecule has 0 spiro atoms. The zero-order chi connectivity index (χ0) is 13.4. The van der Waals surface area contributed by atoms with Gasteiger partial charge < -0.3 is 5.32 Å². The number of hydrogen-bond donors (Lipinski definition) is 2. The van der Waals surface area contributed by atoms with Crippen LogP contribution in [0.15, 0.2) is 24.4 Å². The van der Waals surface area contributed by atoms with E-state index < -0.39 is 10.0 Å². The van der Waals surface area contributed by atoms with Crippen molar-refractivity contribution in [2.75, 3.05) is 25.9 Å². The molecule has 0 saturated heterocycles. The van der Waals surface area contributed by atoms with Crippen LogP contribution in [0, 0.1) is 5.92 Å². The van der Waals surface area contributed by atoms with Gasteiger partial charge in [-0.15, -0.1) is 0 Å². The summed E-state index contributed by atoms with van der Waals surface area (Å²) in [6.07, 6.45) is 2.11. The number of hydrogen-bond acceptors (Lipinski definition) is 4. The standard InChI is InChI=1S/C12H21N3O2S/c1-11(9-13-2)10-15-18(16,17)8-6-12-5-3-4-7-14-12/h3-5,7,11,13,15H,6,8-10H2,1-2H3. The van der Waals surface area contributed by atoms with E-state index in [-0.39, 0.29) is 11.7 Å². The summed E-state index contributed by atoms with van der Waals surface area (Å²) in [5.41, 5.74) is 0.797. The summed E-state index contributed by atoms with van der Waals surface area (Å²) < 4.78 is 26.1. The Morgan fingerprint density at radius 1 is 1.33 bits per heavy atom. The first-order valence-corrected chi connectivity index (χ1v) is 7.70. The highest BCUT2D eigenvalue weighted by Gasteiger charge is 2.12. The van der Waals surface area contributed by atoms with Gasteiger partial charge in [0.1, 0.15) is 0 Å². The Hall–Kier alpha value is -0.980. The van der Waals surface area contributed by atoms with E-state index >= 15 is 0 Å². The topological polar surface area (TPSA) is 71.1 Å². The third-order valence-corrected chi connectivity index (χ3v) is 3.91. The lowest BCUT2D eigenvalue weighted by Gasteiger charge is -2.12. The molecule has 5 nitrogen and oxygen atoms in total. The second-order valence-corrected chi connectivity index (χ2v) is 6.33. The normalized spacial score (nSPS) is 13.4. The molecule has 0 saturated carbocycles. The molecule has 2 N–H and O–H groups in total. The molecule has 1 rings (SSSR count). The highest BCUT2D eigenvalue weighted by atomic mass is 32.2. The van der Waals surface area contributed by atoms with Crippen molar-refractivity contribution in [3.8, 4) is 0 Å². The van der Waals surface area contributed by atoms with E-state index in [0.717, 1.165) is 12.2 Å². The summed E-state index contributed by atoms with van der Waals surface area (Å²) in [6.45, 7) is 3.26. The molecule has 102 valence electrons. The molecule has 0 amide bonds. The number of sulfonamides is 1. The number of nitrogens with one attached hydrogen (secondary N) is 2. The van der Waals surface area contributed by atoms with Crippen LogP contribution in [0.4, 0.5) is 0 Å². The van der Waals surface area contributed by atoms with Crippen LogP contribution in [0.3, 0.4) is 0 Å². The molecule has 1 unspecified atom stereocenters. The molecule has 0 radical (unpaired) electrons. The number of nitrogens with zero attached hydrogens (tertiary/aromatic N) is 1. The lowest BCUT2D eigenvalue weighted by atomic mass is 10.2. The molecule has 0 aromatic carbocycles. The fourth-order valence-corrected chi connectivity index (χ4v) is 2.71. The molecule has 18 heavy (non-hydrogen) atoms. The zero-order valence-electron chi connectivity index (χ0n) is 10.9. The van der Waals surface area contributed by atoms with Gasteiger partial charge in [0.15, 0.2) is 0 Å². The van der Waals surface area contributed by atoms with Gasteiger partial charge in [0.25, 0.3) is 0 Å². The van der Waals surface area contributed by atoms with Crippen molar-refractivity contribution in [2.24, 2.45) is 5.92 Å². The molecule has 1 aromatic rings. The second-order valence-electron chi connectivity index (χ2n) is 4.40. The Labute approximate surface area is 109 Å². The van der Waals surface area contributed by atoms with E-state index in [1.165, 1.54) is 0 Å². The Morgan fingerprint density at radius 3 is 2.72 bits per heavy atom. The fraction of sp³-hybridized carbons (Fsp3) is 0.583. The van der Waals surface area contributed by atoms with Gasteiger partial charge in [-0.25, -0.2) is 13.1 Å². The summed E-state index contributed by atoms with van der Waals surface area (Å²) in [7, 11) is -1.36. The van der Waals surface area contributed by atoms with Gasteiger partial charge in [-0.2, -0.15) is 0 Å². The quantitative estimate of drug-likeness (QED) is 0.718. The molecule has 0 aliphatic carbocycles. The summed E-state index contributed by atoms with van der Waals surface area (Å²) in [5, 5.41) is 3.02. The van der Waals surface area contributed by atoms with Gasteiger partial charge in [0.2, 0.25) is 10.0 Å². The minimum absolute atomic E-state index is 0.0796. The molecule has 1 heterocycles. The lowest BCUT2D eigenvalue weighted by molar-refractivity contribution is 0.518. The van der Waals surface area contributed by atoms with E-state index in [9.17, 15) is 8.42 Å². The number of rotatable bonds is 8. The minimum atomic E-state index is -3.21. The highest BCUT2D eigenvalue weighted by molar-refractivity contribution is 7.89. The average Bonchev–Trinajstić information content (AvgIpc) is 2.36. The van der Waals surface area contributed by atoms with Crippen LogP contribution in [0.25, 0.3) is 0 Å². The third kappa shape index (κ3) is 6.09. The largest absolute Gasteiger partial charge is 0.319 e. The first kappa shape index (κ1) is 15.1. The van der Waals surface area contributed by atoms with E-state index in [4.69, 9.17) is 0 Å². The molecule has 1 atom stereocenters. The van der Waals surface area contributed by atoms with Crippen LogP contribution in [0.1, 0.15) is 12.6 Å². The SMILES string of the molecule is CNCC(C)CNS(=O)(=O)CCc1ccccn1. The molecular weight excluding hydrogens is 250 g/mol. The van der Waals surface area contributed by atoms with Gasteiger partial charge in [-0.3, -0.25) is 4.98 Å². The van der Waals surface area contributed by atoms with Crippen molar-refractivity contribution >= 4 is 10.0 Å². The number of aromatic nitrogens is 1. The first-order valence-electron chi connectivity index (χ1n) is 6.05. The zero-order valence-corrected chi connectivity index (χ0v) is 11.7. The first-order chi connectivity index (χ1) is 8.53. The van der Waals surface area contributed by atoms with Gasteiger partial charge in [0.05, 0.1) is 5.75 Å². The van der Waals surface area contributed by atoms with Crippen LogP contribution in [-0.4, -0.2) is 39.3 Å². The monoisotopic (exact) mass is 271 g/mol. The predicted octanol–water partition coefficient (Wildman–Crippen LogP) is 0.399. The third-order valence-electron chi connectivity index (χ3n) is 2.56. The summed E-state index contributed by atoms with van der Waals surface area (Å²) in [5.74, 6) is 0.357. The molecule has 6 heteroatoms. The molecule has 0 aliphatic rings. The minimum Gasteiger partial charge on any atom is -0.319 e. The van der Waals surface area contributed by atoms with Crippen molar-refractivity contribution in [3.63, 3.8) is 0 Å². The fourth-order valence-electron chi connectivity index (χ4n) is 1.55. The van der Waals surface area contributed by atoms with E-state index in [0.29, 0.717) is 13.0 Å². The maximum Gasteiger partial charge on any atom is 0.211 e. The second kappa shape index (κ2) is 7.45. The van der Waals surface area contributed by atoms with Crippen LogP contribution < -0.4 is 10.0 Å². The Balaban J connectivity index is 2.36. The Morgan fingerprint density at radius 2 is 2.11 bits per heavy atom. The van der Waals surface area contributed by atoms with Gasteiger partial charge >= 0.3 is 0 Å². The van der Waals surface area contributed by atoms with E-state index in [1.807, 2.05) is 32.2 Å². The molecule has 0 bridgehead atoms. The molecule has 0 fully saturated rings. The molecular formula is C12H21N3O2S.